The average Bonchev–Trinajstić information content (AvgIpc) is 3.29. The molecule has 30 heavy (non-hydrogen) atoms. The number of thiazole rings is 2. The Morgan fingerprint density at radius 2 is 1.73 bits per heavy atom. The molecule has 0 fully saturated rings. The smallest absolute Gasteiger partial charge is 0.269 e. The predicted molar refractivity (Wildman–Crippen MR) is 118 cm³/mol. The summed E-state index contributed by atoms with van der Waals surface area (Å²) in [6, 6.07) is 13.5. The van der Waals surface area contributed by atoms with Gasteiger partial charge in [0.2, 0.25) is 0 Å². The van der Waals surface area contributed by atoms with Crippen molar-refractivity contribution < 1.29 is 17.9 Å². The number of sulfonamides is 1. The Kier molecular flexibility index (Phi) is 5.41. The van der Waals surface area contributed by atoms with Crippen LogP contribution in [0.1, 0.15) is 15.4 Å². The van der Waals surface area contributed by atoms with E-state index in [0.29, 0.717) is 21.5 Å². The number of ether oxygens (including phenoxy) is 1. The number of benzene rings is 2. The lowest BCUT2D eigenvalue weighted by Crippen LogP contribution is -2.12. The van der Waals surface area contributed by atoms with E-state index in [0.717, 1.165) is 21.6 Å². The Morgan fingerprint density at radius 1 is 1.00 bits per heavy atom. The van der Waals surface area contributed by atoms with Crippen molar-refractivity contribution in [3.8, 4) is 5.75 Å². The van der Waals surface area contributed by atoms with Gasteiger partial charge in [-0.1, -0.05) is 34.8 Å². The molecule has 0 saturated carbocycles. The summed E-state index contributed by atoms with van der Waals surface area (Å²) in [5.74, 6) is 0.159. The highest BCUT2D eigenvalue weighted by molar-refractivity contribution is 7.93. The van der Waals surface area contributed by atoms with E-state index >= 15 is 0 Å². The van der Waals surface area contributed by atoms with Gasteiger partial charge in [0.1, 0.15) is 10.6 Å². The second-order valence-electron chi connectivity index (χ2n) is 6.16. The van der Waals surface area contributed by atoms with Gasteiger partial charge in [-0.25, -0.2) is 18.4 Å². The normalized spacial score (nSPS) is 11.4. The summed E-state index contributed by atoms with van der Waals surface area (Å²) in [5, 5.41) is 3.33. The zero-order chi connectivity index (χ0) is 21.3. The monoisotopic (exact) mass is 460 g/mol. The number of carbonyl (C=O) groups excluding carboxylic acids is 1. The molecule has 11 heteroatoms. The highest BCUT2D eigenvalue weighted by Gasteiger charge is 2.21. The van der Waals surface area contributed by atoms with Crippen molar-refractivity contribution in [2.45, 2.75) is 11.8 Å². The third-order valence-electron chi connectivity index (χ3n) is 4.11. The molecule has 0 bridgehead atoms. The SMILES string of the molecule is COc1ccc(S(=O)(=O)Nc2nc(C)c(C(=O)Nc3nc4ccccc4s3)s2)cc1. The van der Waals surface area contributed by atoms with Crippen molar-refractivity contribution in [3.05, 3.63) is 59.1 Å². The molecular formula is C19H16N4O4S3. The predicted octanol–water partition coefficient (Wildman–Crippen LogP) is 4.12. The zero-order valence-corrected chi connectivity index (χ0v) is 18.3. The van der Waals surface area contributed by atoms with Crippen molar-refractivity contribution in [2.75, 3.05) is 17.1 Å². The first-order chi connectivity index (χ1) is 14.4. The van der Waals surface area contributed by atoms with Gasteiger partial charge in [0, 0.05) is 0 Å². The second-order valence-corrected chi connectivity index (χ2v) is 9.87. The number of nitrogens with one attached hydrogen (secondary N) is 2. The molecule has 0 aliphatic rings. The average molecular weight is 461 g/mol. The van der Waals surface area contributed by atoms with Crippen molar-refractivity contribution in [2.24, 2.45) is 0 Å². The van der Waals surface area contributed by atoms with Gasteiger partial charge >= 0.3 is 0 Å². The van der Waals surface area contributed by atoms with Crippen molar-refractivity contribution in [1.82, 2.24) is 9.97 Å². The maximum Gasteiger partial charge on any atom is 0.269 e. The standard InChI is InChI=1S/C19H16N4O4S3/c1-11-16(17(24)22-18-21-14-5-3-4-6-15(14)28-18)29-19(20-11)23-30(25,26)13-9-7-12(27-2)8-10-13/h3-10H,1-2H3,(H,20,23)(H,21,22,24). The van der Waals surface area contributed by atoms with Gasteiger partial charge < -0.3 is 4.74 Å². The maximum absolute atomic E-state index is 12.7. The van der Waals surface area contributed by atoms with E-state index < -0.39 is 10.0 Å². The van der Waals surface area contributed by atoms with E-state index in [1.54, 1.807) is 19.1 Å². The fourth-order valence-electron chi connectivity index (χ4n) is 2.66. The molecule has 0 aliphatic carbocycles. The van der Waals surface area contributed by atoms with Gasteiger partial charge in [-0.3, -0.25) is 14.8 Å². The number of aromatic nitrogens is 2. The molecule has 0 unspecified atom stereocenters. The Balaban J connectivity index is 1.52. The molecule has 0 saturated heterocycles. The molecule has 2 aromatic heterocycles. The van der Waals surface area contributed by atoms with Gasteiger partial charge in [0.05, 0.1) is 27.9 Å². The number of fused-ring (bicyclic) bond motifs is 1. The lowest BCUT2D eigenvalue weighted by Gasteiger charge is -2.06. The number of rotatable bonds is 6. The number of nitrogens with zero attached hydrogens (tertiary/aromatic N) is 2. The first kappa shape index (κ1) is 20.3. The number of para-hydroxylation sites is 1. The first-order valence-electron chi connectivity index (χ1n) is 8.67. The Hall–Kier alpha value is -3.02. The minimum absolute atomic E-state index is 0.0663. The van der Waals surface area contributed by atoms with Crippen LogP contribution in [0.25, 0.3) is 10.2 Å². The van der Waals surface area contributed by atoms with E-state index in [-0.39, 0.29) is 15.9 Å². The maximum atomic E-state index is 12.7. The number of carbonyl (C=O) groups is 1. The van der Waals surface area contributed by atoms with E-state index in [2.05, 4.69) is 20.0 Å². The van der Waals surface area contributed by atoms with E-state index in [1.807, 2.05) is 24.3 Å². The fourth-order valence-corrected chi connectivity index (χ4v) is 5.62. The van der Waals surface area contributed by atoms with Crippen LogP contribution in [0.15, 0.2) is 53.4 Å². The summed E-state index contributed by atoms with van der Waals surface area (Å²) < 4.78 is 33.6. The highest BCUT2D eigenvalue weighted by atomic mass is 32.2. The summed E-state index contributed by atoms with van der Waals surface area (Å²) in [7, 11) is -2.34. The molecule has 0 aliphatic heterocycles. The second kappa shape index (κ2) is 8.01. The summed E-state index contributed by atoms with van der Waals surface area (Å²) >= 11 is 2.32. The van der Waals surface area contributed by atoms with Gasteiger partial charge in [0.25, 0.3) is 15.9 Å². The molecule has 2 heterocycles. The van der Waals surface area contributed by atoms with E-state index in [4.69, 9.17) is 4.74 Å². The molecule has 4 aromatic rings. The Bertz CT molecular complexity index is 1290. The molecule has 2 aromatic carbocycles. The molecule has 154 valence electrons. The number of hydrogen-bond acceptors (Lipinski definition) is 8. The number of anilines is 2. The molecule has 8 nitrogen and oxygen atoms in total. The lowest BCUT2D eigenvalue weighted by molar-refractivity contribution is 0.103. The molecule has 0 spiro atoms. The summed E-state index contributed by atoms with van der Waals surface area (Å²) in [5.41, 5.74) is 1.22. The van der Waals surface area contributed by atoms with E-state index in [9.17, 15) is 13.2 Å². The van der Waals surface area contributed by atoms with Crippen LogP contribution in [0.5, 0.6) is 5.75 Å². The van der Waals surface area contributed by atoms with Crippen molar-refractivity contribution >= 4 is 59.1 Å². The summed E-state index contributed by atoms with van der Waals surface area (Å²) in [4.78, 5) is 21.6. The van der Waals surface area contributed by atoms with Crippen LogP contribution in [0, 0.1) is 6.92 Å². The largest absolute Gasteiger partial charge is 0.497 e. The van der Waals surface area contributed by atoms with Crippen molar-refractivity contribution in [3.63, 3.8) is 0 Å². The molecule has 1 amide bonds. The van der Waals surface area contributed by atoms with Crippen molar-refractivity contribution in [1.29, 1.82) is 0 Å². The quantitative estimate of drug-likeness (QED) is 0.448. The Labute approximate surface area is 180 Å². The summed E-state index contributed by atoms with van der Waals surface area (Å²) in [6.45, 7) is 1.65. The number of amides is 1. The van der Waals surface area contributed by atoms with Crippen LogP contribution in [0.3, 0.4) is 0 Å². The lowest BCUT2D eigenvalue weighted by atomic mass is 10.3. The van der Waals surface area contributed by atoms with Crippen LogP contribution in [-0.4, -0.2) is 31.4 Å². The molecule has 2 N–H and O–H groups in total. The first-order valence-corrected chi connectivity index (χ1v) is 11.8. The Morgan fingerprint density at radius 3 is 2.43 bits per heavy atom. The number of methoxy groups -OCH3 is 1. The molecular weight excluding hydrogens is 444 g/mol. The van der Waals surface area contributed by atoms with Gasteiger partial charge in [-0.05, 0) is 43.3 Å². The van der Waals surface area contributed by atoms with E-state index in [1.165, 1.54) is 30.6 Å². The number of aryl methyl sites for hydroxylation is 1. The summed E-state index contributed by atoms with van der Waals surface area (Å²) in [6.07, 6.45) is 0. The molecule has 4 rings (SSSR count). The van der Waals surface area contributed by atoms with Crippen LogP contribution >= 0.6 is 22.7 Å². The third kappa shape index (κ3) is 4.13. The topological polar surface area (TPSA) is 110 Å². The van der Waals surface area contributed by atoms with Crippen LogP contribution < -0.4 is 14.8 Å². The molecule has 0 radical (unpaired) electrons. The third-order valence-corrected chi connectivity index (χ3v) is 7.62. The van der Waals surface area contributed by atoms with Gasteiger partial charge in [0.15, 0.2) is 10.3 Å². The minimum atomic E-state index is -3.84. The highest BCUT2D eigenvalue weighted by Crippen LogP contribution is 2.29. The van der Waals surface area contributed by atoms with Gasteiger partial charge in [-0.2, -0.15) is 0 Å². The number of hydrogen-bond donors (Lipinski definition) is 2. The van der Waals surface area contributed by atoms with Gasteiger partial charge in [-0.15, -0.1) is 0 Å². The van der Waals surface area contributed by atoms with Crippen LogP contribution in [0.4, 0.5) is 10.3 Å². The zero-order valence-electron chi connectivity index (χ0n) is 15.9. The fraction of sp³-hybridized carbons (Fsp3) is 0.105. The molecule has 0 atom stereocenters. The van der Waals surface area contributed by atoms with Crippen LogP contribution in [-0.2, 0) is 10.0 Å². The minimum Gasteiger partial charge on any atom is -0.497 e. The van der Waals surface area contributed by atoms with Crippen LogP contribution in [0.2, 0.25) is 0 Å².